The lowest BCUT2D eigenvalue weighted by Gasteiger charge is -2.13. The van der Waals surface area contributed by atoms with Gasteiger partial charge in [-0.2, -0.15) is 0 Å². The number of thioether (sulfide) groups is 1. The summed E-state index contributed by atoms with van der Waals surface area (Å²) in [6.45, 7) is 2.11. The third-order valence-electron chi connectivity index (χ3n) is 3.80. The summed E-state index contributed by atoms with van der Waals surface area (Å²) >= 11 is 2.90. The number of hydrogen-bond donors (Lipinski definition) is 0. The quantitative estimate of drug-likeness (QED) is 0.435. The van der Waals surface area contributed by atoms with Gasteiger partial charge in [0.15, 0.2) is 0 Å². The van der Waals surface area contributed by atoms with Crippen LogP contribution in [0.15, 0.2) is 29.8 Å². The number of rotatable bonds is 10. The van der Waals surface area contributed by atoms with E-state index < -0.39 is 5.25 Å². The van der Waals surface area contributed by atoms with Gasteiger partial charge in [0.2, 0.25) is 0 Å². The number of carbonyl (C=O) groups is 2. The number of benzene rings is 1. The van der Waals surface area contributed by atoms with Gasteiger partial charge in [0.25, 0.3) is 0 Å². The van der Waals surface area contributed by atoms with Crippen molar-refractivity contribution in [2.75, 3.05) is 20.0 Å². The highest BCUT2D eigenvalue weighted by molar-refractivity contribution is 8.00. The number of methoxy groups -OCH3 is 2. The molecular weight excluding hydrogens is 386 g/mol. The number of aryl methyl sites for hydroxylation is 1. The first kappa shape index (κ1) is 21.2. The lowest BCUT2D eigenvalue weighted by molar-refractivity contribution is -0.145. The van der Waals surface area contributed by atoms with Crippen molar-refractivity contribution < 1.29 is 23.8 Å². The van der Waals surface area contributed by atoms with Gasteiger partial charge >= 0.3 is 11.9 Å². The second-order valence-electron chi connectivity index (χ2n) is 5.69. The summed E-state index contributed by atoms with van der Waals surface area (Å²) in [5.41, 5.74) is 3.46. The predicted octanol–water partition coefficient (Wildman–Crippen LogP) is 3.93. The van der Waals surface area contributed by atoms with Crippen LogP contribution in [0.4, 0.5) is 0 Å². The second kappa shape index (κ2) is 10.9. The molecule has 0 N–H and O–H groups in total. The van der Waals surface area contributed by atoms with Gasteiger partial charge in [-0.3, -0.25) is 9.59 Å². The molecule has 1 unspecified atom stereocenters. The number of hydrogen-bond acceptors (Lipinski definition) is 8. The number of nitrogens with zero attached hydrogens (tertiary/aromatic N) is 1. The molecule has 27 heavy (non-hydrogen) atoms. The highest BCUT2D eigenvalue weighted by atomic mass is 32.2. The van der Waals surface area contributed by atoms with Crippen LogP contribution in [0.2, 0.25) is 0 Å². The van der Waals surface area contributed by atoms with Crippen LogP contribution >= 0.6 is 23.1 Å². The third-order valence-corrected chi connectivity index (χ3v) is 6.24. The Kier molecular flexibility index (Phi) is 8.60. The number of carbonyl (C=O) groups excluding carboxylic acids is 2. The van der Waals surface area contributed by atoms with E-state index in [1.807, 2.05) is 31.2 Å². The molecular formula is C19H23NO5S2. The van der Waals surface area contributed by atoms with Crippen molar-refractivity contribution in [1.82, 2.24) is 4.98 Å². The van der Waals surface area contributed by atoms with Gasteiger partial charge in [0.05, 0.1) is 30.3 Å². The van der Waals surface area contributed by atoms with E-state index in [1.54, 1.807) is 12.6 Å². The molecule has 0 aliphatic heterocycles. The molecule has 1 aromatic heterocycles. The first-order valence-corrected chi connectivity index (χ1v) is 10.4. The van der Waals surface area contributed by atoms with Crippen molar-refractivity contribution in [2.45, 2.75) is 31.6 Å². The highest BCUT2D eigenvalue weighted by Crippen LogP contribution is 2.35. The van der Waals surface area contributed by atoms with Gasteiger partial charge in [-0.05, 0) is 36.8 Å². The van der Waals surface area contributed by atoms with Crippen LogP contribution in [0.25, 0.3) is 0 Å². The summed E-state index contributed by atoms with van der Waals surface area (Å²) in [7, 11) is 2.98. The Bertz CT molecular complexity index is 745. The van der Waals surface area contributed by atoms with Gasteiger partial charge in [-0.1, -0.05) is 12.1 Å². The molecule has 0 spiro atoms. The minimum absolute atomic E-state index is 0.237. The zero-order valence-corrected chi connectivity index (χ0v) is 17.2. The van der Waals surface area contributed by atoms with Gasteiger partial charge in [-0.15, -0.1) is 23.1 Å². The zero-order chi connectivity index (χ0) is 19.6. The van der Waals surface area contributed by atoms with E-state index in [4.69, 9.17) is 14.2 Å². The molecule has 2 aromatic rings. The lowest BCUT2D eigenvalue weighted by atomic mass is 10.2. The van der Waals surface area contributed by atoms with Crippen LogP contribution < -0.4 is 4.74 Å². The normalized spacial score (nSPS) is 11.7. The number of esters is 2. The van der Waals surface area contributed by atoms with Gasteiger partial charge < -0.3 is 14.2 Å². The van der Waals surface area contributed by atoms with Gasteiger partial charge in [0.1, 0.15) is 17.6 Å². The monoisotopic (exact) mass is 409 g/mol. The molecule has 0 bridgehead atoms. The molecule has 146 valence electrons. The SMILES string of the molecule is COC(=O)C(SCCCC(=O)OCc1ccc(OC)cc1)c1scnc1C. The van der Waals surface area contributed by atoms with Crippen LogP contribution in [-0.4, -0.2) is 36.9 Å². The summed E-state index contributed by atoms with van der Waals surface area (Å²) < 4.78 is 15.3. The van der Waals surface area contributed by atoms with E-state index in [9.17, 15) is 9.59 Å². The van der Waals surface area contributed by atoms with Crippen molar-refractivity contribution in [3.63, 3.8) is 0 Å². The molecule has 8 heteroatoms. The van der Waals surface area contributed by atoms with Crippen LogP contribution in [0, 0.1) is 6.92 Å². The first-order chi connectivity index (χ1) is 13.0. The second-order valence-corrected chi connectivity index (χ2v) is 7.79. The topological polar surface area (TPSA) is 74.7 Å². The summed E-state index contributed by atoms with van der Waals surface area (Å²) in [5.74, 6) is 0.859. The van der Waals surface area contributed by atoms with E-state index in [0.29, 0.717) is 18.6 Å². The third kappa shape index (κ3) is 6.55. The Morgan fingerprint density at radius 3 is 2.56 bits per heavy atom. The van der Waals surface area contributed by atoms with E-state index in [1.165, 1.54) is 30.2 Å². The Morgan fingerprint density at radius 1 is 1.22 bits per heavy atom. The molecule has 0 saturated carbocycles. The molecule has 1 heterocycles. The van der Waals surface area contributed by atoms with Crippen LogP contribution in [0.1, 0.15) is 34.2 Å². The molecule has 0 saturated heterocycles. The molecule has 6 nitrogen and oxygen atoms in total. The summed E-state index contributed by atoms with van der Waals surface area (Å²) in [4.78, 5) is 29.0. The van der Waals surface area contributed by atoms with E-state index in [0.717, 1.165) is 21.9 Å². The summed E-state index contributed by atoms with van der Waals surface area (Å²) in [5, 5.41) is -0.405. The minimum Gasteiger partial charge on any atom is -0.497 e. The maximum absolute atomic E-state index is 12.0. The Labute approximate surface area is 167 Å². The molecule has 0 aliphatic carbocycles. The van der Waals surface area contributed by atoms with E-state index in [2.05, 4.69) is 4.98 Å². The standard InChI is InChI=1S/C19H23NO5S2/c1-13-17(27-12-20-13)18(19(22)24-3)26-10-4-5-16(21)25-11-14-6-8-15(23-2)9-7-14/h6-9,12,18H,4-5,10-11H2,1-3H3. The van der Waals surface area contributed by atoms with Crippen molar-refractivity contribution in [2.24, 2.45) is 0 Å². The van der Waals surface area contributed by atoms with Crippen LogP contribution in [0.3, 0.4) is 0 Å². The van der Waals surface area contributed by atoms with Crippen molar-refractivity contribution in [1.29, 1.82) is 0 Å². The first-order valence-electron chi connectivity index (χ1n) is 8.43. The fourth-order valence-electron chi connectivity index (χ4n) is 2.30. The predicted molar refractivity (Wildman–Crippen MR) is 106 cm³/mol. The fourth-order valence-corrected chi connectivity index (χ4v) is 4.54. The van der Waals surface area contributed by atoms with Crippen molar-refractivity contribution in [3.8, 4) is 5.75 Å². The van der Waals surface area contributed by atoms with Crippen LogP contribution in [0.5, 0.6) is 5.75 Å². The van der Waals surface area contributed by atoms with E-state index in [-0.39, 0.29) is 18.5 Å². The zero-order valence-electron chi connectivity index (χ0n) is 15.6. The Hall–Kier alpha value is -2.06. The van der Waals surface area contributed by atoms with Crippen LogP contribution in [-0.2, 0) is 25.7 Å². The van der Waals surface area contributed by atoms with Crippen molar-refractivity contribution in [3.05, 3.63) is 45.9 Å². The lowest BCUT2D eigenvalue weighted by Crippen LogP contribution is -2.12. The molecule has 0 aliphatic rings. The average molecular weight is 410 g/mol. The van der Waals surface area contributed by atoms with Gasteiger partial charge in [-0.25, -0.2) is 4.98 Å². The summed E-state index contributed by atoms with van der Waals surface area (Å²) in [6, 6.07) is 7.38. The molecule has 1 aromatic carbocycles. The van der Waals surface area contributed by atoms with Gasteiger partial charge in [0, 0.05) is 6.42 Å². The summed E-state index contributed by atoms with van der Waals surface area (Å²) in [6.07, 6.45) is 0.927. The molecule has 1 atom stereocenters. The molecule has 0 amide bonds. The minimum atomic E-state index is -0.405. The maximum atomic E-state index is 12.0. The Morgan fingerprint density at radius 2 is 1.96 bits per heavy atom. The largest absolute Gasteiger partial charge is 0.497 e. The van der Waals surface area contributed by atoms with Crippen molar-refractivity contribution >= 4 is 35.0 Å². The molecule has 2 rings (SSSR count). The fraction of sp³-hybridized carbons (Fsp3) is 0.421. The Balaban J connectivity index is 1.73. The molecule has 0 fully saturated rings. The smallest absolute Gasteiger partial charge is 0.324 e. The van der Waals surface area contributed by atoms with E-state index >= 15 is 0 Å². The highest BCUT2D eigenvalue weighted by Gasteiger charge is 2.25. The average Bonchev–Trinajstić information content (AvgIpc) is 3.11. The number of ether oxygens (including phenoxy) is 3. The maximum Gasteiger partial charge on any atom is 0.324 e. The number of aromatic nitrogens is 1. The molecule has 0 radical (unpaired) electrons. The number of thiazole rings is 1.